The van der Waals surface area contributed by atoms with Crippen molar-refractivity contribution in [1.82, 2.24) is 25.4 Å². The lowest BCUT2D eigenvalue weighted by Crippen LogP contribution is -2.43. The van der Waals surface area contributed by atoms with E-state index in [2.05, 4.69) is 58.3 Å². The molecular formula is C18H28N6. The number of nitrogens with zero attached hydrogens (tertiary/aromatic N) is 4. The summed E-state index contributed by atoms with van der Waals surface area (Å²) in [6.45, 7) is 8.68. The summed E-state index contributed by atoms with van der Waals surface area (Å²) in [4.78, 5) is 4.70. The molecule has 0 bridgehead atoms. The molecule has 6 heteroatoms. The second kappa shape index (κ2) is 9.70. The SMILES string of the molecule is CCc1nncn1CCNC(=NCc1ccccc1)NC(C)CC. The van der Waals surface area contributed by atoms with Gasteiger partial charge in [0.05, 0.1) is 6.54 Å². The average molecular weight is 328 g/mol. The average Bonchev–Trinajstić information content (AvgIpc) is 3.07. The van der Waals surface area contributed by atoms with Crippen LogP contribution in [0.15, 0.2) is 41.7 Å². The Bertz CT molecular complexity index is 619. The topological polar surface area (TPSA) is 67.1 Å². The summed E-state index contributed by atoms with van der Waals surface area (Å²) in [5.74, 6) is 1.86. The molecular weight excluding hydrogens is 300 g/mol. The highest BCUT2D eigenvalue weighted by atomic mass is 15.3. The van der Waals surface area contributed by atoms with Crippen LogP contribution >= 0.6 is 0 Å². The molecule has 130 valence electrons. The number of hydrogen-bond donors (Lipinski definition) is 2. The Morgan fingerprint density at radius 1 is 1.25 bits per heavy atom. The molecule has 0 spiro atoms. The molecule has 6 nitrogen and oxygen atoms in total. The first-order valence-corrected chi connectivity index (χ1v) is 8.68. The van der Waals surface area contributed by atoms with Crippen molar-refractivity contribution in [3.63, 3.8) is 0 Å². The van der Waals surface area contributed by atoms with Crippen LogP contribution in [-0.2, 0) is 19.5 Å². The number of aromatic nitrogens is 3. The van der Waals surface area contributed by atoms with Gasteiger partial charge in [-0.2, -0.15) is 0 Å². The van der Waals surface area contributed by atoms with Gasteiger partial charge in [0.2, 0.25) is 0 Å². The summed E-state index contributed by atoms with van der Waals surface area (Å²) < 4.78 is 2.07. The van der Waals surface area contributed by atoms with Crippen LogP contribution in [-0.4, -0.2) is 33.3 Å². The van der Waals surface area contributed by atoms with Crippen molar-refractivity contribution in [3.8, 4) is 0 Å². The fourth-order valence-corrected chi connectivity index (χ4v) is 2.28. The predicted molar refractivity (Wildman–Crippen MR) is 97.9 cm³/mol. The molecule has 0 saturated heterocycles. The van der Waals surface area contributed by atoms with Crippen molar-refractivity contribution >= 4 is 5.96 Å². The third-order valence-corrected chi connectivity index (χ3v) is 3.92. The zero-order valence-electron chi connectivity index (χ0n) is 14.9. The number of aryl methyl sites for hydroxylation is 1. The third kappa shape index (κ3) is 5.68. The minimum absolute atomic E-state index is 0.383. The second-order valence-corrected chi connectivity index (χ2v) is 5.82. The highest BCUT2D eigenvalue weighted by Crippen LogP contribution is 2.00. The minimum Gasteiger partial charge on any atom is -0.355 e. The summed E-state index contributed by atoms with van der Waals surface area (Å²) >= 11 is 0. The Balaban J connectivity index is 1.92. The minimum atomic E-state index is 0.383. The van der Waals surface area contributed by atoms with Gasteiger partial charge in [-0.3, -0.25) is 0 Å². The fourth-order valence-electron chi connectivity index (χ4n) is 2.28. The first-order valence-electron chi connectivity index (χ1n) is 8.68. The van der Waals surface area contributed by atoms with E-state index in [4.69, 9.17) is 4.99 Å². The molecule has 0 saturated carbocycles. The third-order valence-electron chi connectivity index (χ3n) is 3.92. The van der Waals surface area contributed by atoms with Crippen LogP contribution in [0, 0.1) is 0 Å². The van der Waals surface area contributed by atoms with Crippen LogP contribution in [0.3, 0.4) is 0 Å². The maximum atomic E-state index is 4.70. The molecule has 1 unspecified atom stereocenters. The maximum absolute atomic E-state index is 4.70. The lowest BCUT2D eigenvalue weighted by molar-refractivity contribution is 0.599. The maximum Gasteiger partial charge on any atom is 0.191 e. The van der Waals surface area contributed by atoms with E-state index < -0.39 is 0 Å². The van der Waals surface area contributed by atoms with Crippen LogP contribution in [0.4, 0.5) is 0 Å². The molecule has 0 aliphatic carbocycles. The van der Waals surface area contributed by atoms with Gasteiger partial charge in [-0.25, -0.2) is 4.99 Å². The summed E-state index contributed by atoms with van der Waals surface area (Å²) in [6.07, 6.45) is 3.72. The van der Waals surface area contributed by atoms with E-state index in [1.54, 1.807) is 6.33 Å². The number of nitrogens with one attached hydrogen (secondary N) is 2. The van der Waals surface area contributed by atoms with E-state index in [-0.39, 0.29) is 0 Å². The molecule has 1 aromatic heterocycles. The molecule has 0 fully saturated rings. The van der Waals surface area contributed by atoms with E-state index in [0.717, 1.165) is 37.7 Å². The molecule has 0 aliphatic rings. The van der Waals surface area contributed by atoms with Gasteiger partial charge in [0.1, 0.15) is 12.2 Å². The van der Waals surface area contributed by atoms with Gasteiger partial charge in [0, 0.05) is 25.6 Å². The monoisotopic (exact) mass is 328 g/mol. The van der Waals surface area contributed by atoms with Crippen LogP contribution in [0.25, 0.3) is 0 Å². The largest absolute Gasteiger partial charge is 0.355 e. The lowest BCUT2D eigenvalue weighted by Gasteiger charge is -2.17. The first kappa shape index (κ1) is 18.0. The number of aliphatic imine (C=N–C) groups is 1. The van der Waals surface area contributed by atoms with Crippen LogP contribution < -0.4 is 10.6 Å². The summed E-state index contributed by atoms with van der Waals surface area (Å²) in [7, 11) is 0. The van der Waals surface area contributed by atoms with E-state index in [9.17, 15) is 0 Å². The molecule has 0 aliphatic heterocycles. The number of hydrogen-bond acceptors (Lipinski definition) is 3. The van der Waals surface area contributed by atoms with Gasteiger partial charge >= 0.3 is 0 Å². The van der Waals surface area contributed by atoms with Crippen LogP contribution in [0.5, 0.6) is 0 Å². The Morgan fingerprint density at radius 3 is 2.75 bits per heavy atom. The highest BCUT2D eigenvalue weighted by Gasteiger charge is 2.05. The summed E-state index contributed by atoms with van der Waals surface area (Å²) in [5, 5.41) is 14.9. The Labute approximate surface area is 144 Å². The molecule has 0 amide bonds. The molecule has 2 N–H and O–H groups in total. The Kier molecular flexibility index (Phi) is 7.26. The smallest absolute Gasteiger partial charge is 0.191 e. The van der Waals surface area contributed by atoms with Gasteiger partial charge < -0.3 is 15.2 Å². The number of guanidine groups is 1. The highest BCUT2D eigenvalue weighted by molar-refractivity contribution is 5.80. The molecule has 1 aromatic carbocycles. The van der Waals surface area contributed by atoms with Crippen LogP contribution in [0.2, 0.25) is 0 Å². The van der Waals surface area contributed by atoms with E-state index in [1.165, 1.54) is 5.56 Å². The van der Waals surface area contributed by atoms with E-state index in [0.29, 0.717) is 12.6 Å². The molecule has 2 aromatic rings. The zero-order valence-corrected chi connectivity index (χ0v) is 14.9. The quantitative estimate of drug-likeness (QED) is 0.577. The van der Waals surface area contributed by atoms with Crippen LogP contribution in [0.1, 0.15) is 38.6 Å². The van der Waals surface area contributed by atoms with E-state index >= 15 is 0 Å². The number of rotatable bonds is 8. The molecule has 0 radical (unpaired) electrons. The molecule has 1 atom stereocenters. The Morgan fingerprint density at radius 2 is 2.04 bits per heavy atom. The van der Waals surface area contributed by atoms with Crippen molar-refractivity contribution in [2.45, 2.75) is 52.7 Å². The zero-order chi connectivity index (χ0) is 17.2. The summed E-state index contributed by atoms with van der Waals surface area (Å²) in [6, 6.07) is 10.7. The van der Waals surface area contributed by atoms with Gasteiger partial charge in [-0.15, -0.1) is 10.2 Å². The molecule has 2 rings (SSSR count). The van der Waals surface area contributed by atoms with Crippen molar-refractivity contribution in [2.75, 3.05) is 6.54 Å². The predicted octanol–water partition coefficient (Wildman–Crippen LogP) is 2.37. The molecule has 1 heterocycles. The lowest BCUT2D eigenvalue weighted by atomic mass is 10.2. The van der Waals surface area contributed by atoms with Crippen molar-refractivity contribution in [2.24, 2.45) is 4.99 Å². The molecule has 24 heavy (non-hydrogen) atoms. The standard InChI is InChI=1S/C18H28N6/c1-4-15(3)22-18(20-13-16-9-7-6-8-10-16)19-11-12-24-14-21-23-17(24)5-2/h6-10,14-15H,4-5,11-13H2,1-3H3,(H2,19,20,22). The van der Waals surface area contributed by atoms with Gasteiger partial charge in [-0.1, -0.05) is 44.2 Å². The van der Waals surface area contributed by atoms with Crippen molar-refractivity contribution in [1.29, 1.82) is 0 Å². The van der Waals surface area contributed by atoms with Gasteiger partial charge in [0.25, 0.3) is 0 Å². The summed E-state index contributed by atoms with van der Waals surface area (Å²) in [5.41, 5.74) is 1.20. The van der Waals surface area contributed by atoms with Gasteiger partial charge in [0.15, 0.2) is 5.96 Å². The Hall–Kier alpha value is -2.37. The van der Waals surface area contributed by atoms with Crippen molar-refractivity contribution in [3.05, 3.63) is 48.0 Å². The first-order chi connectivity index (χ1) is 11.7. The second-order valence-electron chi connectivity index (χ2n) is 5.82. The van der Waals surface area contributed by atoms with Gasteiger partial charge in [-0.05, 0) is 18.9 Å². The number of benzene rings is 1. The normalized spacial score (nSPS) is 12.9. The van der Waals surface area contributed by atoms with E-state index in [1.807, 2.05) is 18.2 Å². The fraction of sp³-hybridized carbons (Fsp3) is 0.500. The van der Waals surface area contributed by atoms with Crippen molar-refractivity contribution < 1.29 is 0 Å².